The minimum Gasteiger partial charge on any atom is -0.367 e. The summed E-state index contributed by atoms with van der Waals surface area (Å²) in [6.45, 7) is 3.83. The number of H-pyrrole nitrogens is 1. The molecule has 1 saturated heterocycles. The van der Waals surface area contributed by atoms with Crippen LogP contribution in [-0.2, 0) is 17.9 Å². The van der Waals surface area contributed by atoms with Gasteiger partial charge in [0.25, 0.3) is 0 Å². The molecular weight excluding hydrogens is 322 g/mol. The number of nitrogens with zero attached hydrogens (tertiary/aromatic N) is 4. The van der Waals surface area contributed by atoms with E-state index in [1.165, 1.54) is 4.90 Å². The lowest BCUT2D eigenvalue weighted by Crippen LogP contribution is -2.54. The molecule has 2 heterocycles. The van der Waals surface area contributed by atoms with E-state index in [1.54, 1.807) is 4.90 Å². The molecule has 0 atom stereocenters. The third-order valence-electron chi connectivity index (χ3n) is 4.02. The molecule has 0 unspecified atom stereocenters. The summed E-state index contributed by atoms with van der Waals surface area (Å²) in [5, 5.41) is 9.01. The maximum Gasteiger partial charge on any atom is 0.318 e. The van der Waals surface area contributed by atoms with Crippen molar-refractivity contribution < 1.29 is 9.59 Å². The minimum atomic E-state index is -0.307. The van der Waals surface area contributed by atoms with E-state index in [4.69, 9.17) is 5.73 Å². The molecule has 0 saturated carbocycles. The number of anilines is 1. The third-order valence-corrected chi connectivity index (χ3v) is 4.02. The SMILES string of the molecule is Cc1cccc(CN2CCN(C(=O)NCc3nc(N)n[nH]3)CC2=O)c1. The Kier molecular flexibility index (Phi) is 4.82. The number of carbonyl (C=O) groups excluding carboxylic acids is 2. The Morgan fingerprint density at radius 2 is 2.24 bits per heavy atom. The first kappa shape index (κ1) is 16.7. The van der Waals surface area contributed by atoms with Gasteiger partial charge in [-0.1, -0.05) is 29.8 Å². The molecule has 25 heavy (non-hydrogen) atoms. The number of nitrogens with one attached hydrogen (secondary N) is 2. The predicted octanol–water partition coefficient (Wildman–Crippen LogP) is 0.249. The van der Waals surface area contributed by atoms with Gasteiger partial charge in [-0.05, 0) is 12.5 Å². The van der Waals surface area contributed by atoms with Crippen molar-refractivity contribution in [2.75, 3.05) is 25.4 Å². The summed E-state index contributed by atoms with van der Waals surface area (Å²) in [7, 11) is 0. The third kappa shape index (κ3) is 4.25. The molecule has 9 nitrogen and oxygen atoms in total. The van der Waals surface area contributed by atoms with E-state index in [-0.39, 0.29) is 31.0 Å². The maximum absolute atomic E-state index is 12.3. The summed E-state index contributed by atoms with van der Waals surface area (Å²) in [6, 6.07) is 7.77. The van der Waals surface area contributed by atoms with Gasteiger partial charge in [-0.15, -0.1) is 5.10 Å². The van der Waals surface area contributed by atoms with Crippen LogP contribution in [0, 0.1) is 6.92 Å². The molecule has 132 valence electrons. The Bertz CT molecular complexity index is 773. The zero-order chi connectivity index (χ0) is 17.8. The molecule has 1 aromatic carbocycles. The Morgan fingerprint density at radius 3 is 2.92 bits per heavy atom. The number of hydrogen-bond acceptors (Lipinski definition) is 5. The largest absolute Gasteiger partial charge is 0.367 e. The van der Waals surface area contributed by atoms with Gasteiger partial charge in [-0.3, -0.25) is 9.89 Å². The van der Waals surface area contributed by atoms with Crippen LogP contribution in [0.15, 0.2) is 24.3 Å². The summed E-state index contributed by atoms with van der Waals surface area (Å²) in [5.41, 5.74) is 7.66. The number of nitrogens with two attached hydrogens (primary N) is 1. The fourth-order valence-corrected chi connectivity index (χ4v) is 2.74. The summed E-state index contributed by atoms with van der Waals surface area (Å²) in [5.74, 6) is 0.534. The molecule has 0 bridgehead atoms. The van der Waals surface area contributed by atoms with Crippen LogP contribution in [0.2, 0.25) is 0 Å². The molecule has 0 aliphatic carbocycles. The highest BCUT2D eigenvalue weighted by Gasteiger charge is 2.27. The van der Waals surface area contributed by atoms with Crippen molar-refractivity contribution in [1.82, 2.24) is 30.3 Å². The number of urea groups is 1. The van der Waals surface area contributed by atoms with E-state index >= 15 is 0 Å². The fourth-order valence-electron chi connectivity index (χ4n) is 2.74. The molecule has 3 rings (SSSR count). The van der Waals surface area contributed by atoms with Crippen molar-refractivity contribution in [3.05, 3.63) is 41.2 Å². The van der Waals surface area contributed by atoms with E-state index in [2.05, 4.69) is 26.6 Å². The number of aromatic nitrogens is 3. The number of hydrogen-bond donors (Lipinski definition) is 3. The summed E-state index contributed by atoms with van der Waals surface area (Å²) in [6.07, 6.45) is 0. The van der Waals surface area contributed by atoms with Crippen LogP contribution in [0.25, 0.3) is 0 Å². The molecule has 1 aliphatic heterocycles. The number of nitrogen functional groups attached to an aromatic ring is 1. The van der Waals surface area contributed by atoms with Gasteiger partial charge < -0.3 is 20.9 Å². The van der Waals surface area contributed by atoms with Crippen molar-refractivity contribution >= 4 is 17.9 Å². The van der Waals surface area contributed by atoms with Crippen molar-refractivity contribution in [1.29, 1.82) is 0 Å². The molecule has 1 fully saturated rings. The maximum atomic E-state index is 12.3. The molecule has 0 radical (unpaired) electrons. The highest BCUT2D eigenvalue weighted by Crippen LogP contribution is 2.11. The monoisotopic (exact) mass is 343 g/mol. The lowest BCUT2D eigenvalue weighted by molar-refractivity contribution is -0.135. The van der Waals surface area contributed by atoms with Crippen molar-refractivity contribution in [2.24, 2.45) is 0 Å². The van der Waals surface area contributed by atoms with E-state index in [0.29, 0.717) is 25.5 Å². The molecule has 9 heteroatoms. The molecule has 3 amide bonds. The van der Waals surface area contributed by atoms with Gasteiger partial charge in [-0.25, -0.2) is 4.79 Å². The molecule has 1 aliphatic rings. The van der Waals surface area contributed by atoms with Gasteiger partial charge in [0.05, 0.1) is 6.54 Å². The van der Waals surface area contributed by atoms with E-state index in [9.17, 15) is 9.59 Å². The zero-order valence-electron chi connectivity index (χ0n) is 14.0. The first-order chi connectivity index (χ1) is 12.0. The average Bonchev–Trinajstić information content (AvgIpc) is 3.00. The van der Waals surface area contributed by atoms with E-state index in [1.807, 2.05) is 25.1 Å². The first-order valence-corrected chi connectivity index (χ1v) is 8.04. The van der Waals surface area contributed by atoms with Gasteiger partial charge in [0.1, 0.15) is 12.4 Å². The Morgan fingerprint density at radius 1 is 1.40 bits per heavy atom. The number of amides is 3. The molecule has 0 spiro atoms. The number of rotatable bonds is 4. The second-order valence-corrected chi connectivity index (χ2v) is 6.02. The van der Waals surface area contributed by atoms with Gasteiger partial charge in [-0.2, -0.15) is 4.98 Å². The second-order valence-electron chi connectivity index (χ2n) is 6.02. The summed E-state index contributed by atoms with van der Waals surface area (Å²) < 4.78 is 0. The average molecular weight is 343 g/mol. The van der Waals surface area contributed by atoms with Crippen LogP contribution in [0.4, 0.5) is 10.7 Å². The molecule has 1 aromatic heterocycles. The molecular formula is C16H21N7O2. The number of aromatic amines is 1. The Labute approximate surface area is 145 Å². The zero-order valence-corrected chi connectivity index (χ0v) is 14.0. The first-order valence-electron chi connectivity index (χ1n) is 8.04. The smallest absolute Gasteiger partial charge is 0.318 e. The van der Waals surface area contributed by atoms with Crippen molar-refractivity contribution in [3.63, 3.8) is 0 Å². The van der Waals surface area contributed by atoms with Crippen LogP contribution in [0.1, 0.15) is 17.0 Å². The van der Waals surface area contributed by atoms with Crippen LogP contribution in [0.3, 0.4) is 0 Å². The Balaban J connectivity index is 1.50. The highest BCUT2D eigenvalue weighted by molar-refractivity contribution is 5.85. The van der Waals surface area contributed by atoms with Crippen LogP contribution >= 0.6 is 0 Å². The highest BCUT2D eigenvalue weighted by atomic mass is 16.2. The number of aryl methyl sites for hydroxylation is 1. The number of piperazine rings is 1. The van der Waals surface area contributed by atoms with E-state index in [0.717, 1.165) is 11.1 Å². The number of benzene rings is 1. The van der Waals surface area contributed by atoms with Crippen LogP contribution < -0.4 is 11.1 Å². The quantitative estimate of drug-likeness (QED) is 0.735. The number of carbonyl (C=O) groups is 2. The second kappa shape index (κ2) is 7.20. The summed E-state index contributed by atoms with van der Waals surface area (Å²) in [4.78, 5) is 31.7. The van der Waals surface area contributed by atoms with Gasteiger partial charge >= 0.3 is 6.03 Å². The molecule has 4 N–H and O–H groups in total. The Hall–Kier alpha value is -3.10. The molecule has 2 aromatic rings. The van der Waals surface area contributed by atoms with Crippen LogP contribution in [0.5, 0.6) is 0 Å². The standard InChI is InChI=1S/C16H21N7O2/c1-11-3-2-4-12(7-11)9-22-5-6-23(10-14(22)24)16(25)18-8-13-19-15(17)21-20-13/h2-4,7H,5-6,8-10H2,1H3,(H,18,25)(H3,17,19,20,21). The van der Waals surface area contributed by atoms with Crippen LogP contribution in [-0.4, -0.2) is 56.6 Å². The fraction of sp³-hybridized carbons (Fsp3) is 0.375. The minimum absolute atomic E-state index is 0.0631. The normalized spacial score (nSPS) is 14.7. The van der Waals surface area contributed by atoms with Crippen molar-refractivity contribution in [3.8, 4) is 0 Å². The predicted molar refractivity (Wildman–Crippen MR) is 91.2 cm³/mol. The lowest BCUT2D eigenvalue weighted by Gasteiger charge is -2.34. The van der Waals surface area contributed by atoms with Gasteiger partial charge in [0.2, 0.25) is 11.9 Å². The summed E-state index contributed by atoms with van der Waals surface area (Å²) >= 11 is 0. The van der Waals surface area contributed by atoms with Gasteiger partial charge in [0, 0.05) is 19.6 Å². The lowest BCUT2D eigenvalue weighted by atomic mass is 10.1. The van der Waals surface area contributed by atoms with E-state index < -0.39 is 0 Å². The van der Waals surface area contributed by atoms with Crippen molar-refractivity contribution in [2.45, 2.75) is 20.0 Å². The topological polar surface area (TPSA) is 120 Å². The van der Waals surface area contributed by atoms with Gasteiger partial charge in [0.15, 0.2) is 0 Å².